The summed E-state index contributed by atoms with van der Waals surface area (Å²) in [5.41, 5.74) is 3.21. The smallest absolute Gasteiger partial charge is 0.322 e. The molecule has 7 heteroatoms. The molecule has 0 radical (unpaired) electrons. The molecule has 0 spiro atoms. The van der Waals surface area contributed by atoms with Crippen molar-refractivity contribution in [3.63, 3.8) is 0 Å². The number of nitrogens with two attached hydrogens (primary N) is 1. The first-order valence-electron chi connectivity index (χ1n) is 4.90. The van der Waals surface area contributed by atoms with E-state index in [2.05, 4.69) is 25.7 Å². The van der Waals surface area contributed by atoms with Crippen molar-refractivity contribution < 1.29 is 4.74 Å². The van der Waals surface area contributed by atoms with Crippen molar-refractivity contribution >= 4 is 17.6 Å². The number of ether oxygens (including phenoxy) is 1. The first-order valence-corrected chi connectivity index (χ1v) is 4.90. The van der Waals surface area contributed by atoms with E-state index >= 15 is 0 Å². The highest BCUT2D eigenvalue weighted by molar-refractivity contribution is 5.53. The summed E-state index contributed by atoms with van der Waals surface area (Å²) in [6.07, 6.45) is 0. The Morgan fingerprint density at radius 2 is 1.76 bits per heavy atom. The van der Waals surface area contributed by atoms with Gasteiger partial charge < -0.3 is 10.1 Å². The zero-order chi connectivity index (χ0) is 12.1. The zero-order valence-electron chi connectivity index (χ0n) is 9.21. The van der Waals surface area contributed by atoms with Crippen LogP contribution in [0.5, 0.6) is 6.01 Å². The maximum absolute atomic E-state index is 5.25. The molecule has 1 aromatic carbocycles. The predicted octanol–water partition coefficient (Wildman–Crippen LogP) is 0.909. The Labute approximate surface area is 98.0 Å². The van der Waals surface area contributed by atoms with Crippen LogP contribution in [0.3, 0.4) is 0 Å². The van der Waals surface area contributed by atoms with Crippen LogP contribution in [-0.2, 0) is 0 Å². The predicted molar refractivity (Wildman–Crippen MR) is 63.9 cm³/mol. The third kappa shape index (κ3) is 2.79. The van der Waals surface area contributed by atoms with Crippen molar-refractivity contribution in [3.8, 4) is 6.01 Å². The van der Waals surface area contributed by atoms with E-state index in [4.69, 9.17) is 10.6 Å². The molecule has 0 saturated heterocycles. The van der Waals surface area contributed by atoms with Crippen molar-refractivity contribution in [1.82, 2.24) is 15.0 Å². The van der Waals surface area contributed by atoms with Gasteiger partial charge in [0, 0.05) is 5.69 Å². The van der Waals surface area contributed by atoms with Gasteiger partial charge in [-0.1, -0.05) is 18.2 Å². The number of methoxy groups -OCH3 is 1. The molecule has 0 amide bonds. The highest BCUT2D eigenvalue weighted by atomic mass is 16.5. The monoisotopic (exact) mass is 232 g/mol. The number of nitrogens with zero attached hydrogens (tertiary/aromatic N) is 3. The van der Waals surface area contributed by atoms with Gasteiger partial charge in [-0.05, 0) is 12.1 Å². The van der Waals surface area contributed by atoms with E-state index in [1.54, 1.807) is 0 Å². The lowest BCUT2D eigenvalue weighted by atomic mass is 10.3. The maximum Gasteiger partial charge on any atom is 0.322 e. The van der Waals surface area contributed by atoms with Gasteiger partial charge in [-0.25, -0.2) is 5.84 Å². The van der Waals surface area contributed by atoms with Gasteiger partial charge in [-0.2, -0.15) is 15.0 Å². The summed E-state index contributed by atoms with van der Waals surface area (Å²) >= 11 is 0. The minimum Gasteiger partial charge on any atom is -0.467 e. The first-order chi connectivity index (χ1) is 8.31. The van der Waals surface area contributed by atoms with Gasteiger partial charge in [-0.15, -0.1) is 0 Å². The number of nitrogen functional groups attached to an aromatic ring is 1. The van der Waals surface area contributed by atoms with Crippen molar-refractivity contribution in [2.24, 2.45) is 5.84 Å². The third-order valence-electron chi connectivity index (χ3n) is 1.96. The summed E-state index contributed by atoms with van der Waals surface area (Å²) < 4.78 is 4.94. The normalized spacial score (nSPS) is 9.76. The second kappa shape index (κ2) is 5.08. The number of hydrazine groups is 1. The van der Waals surface area contributed by atoms with Gasteiger partial charge >= 0.3 is 6.01 Å². The fourth-order valence-electron chi connectivity index (χ4n) is 1.22. The Bertz CT molecular complexity index is 467. The number of anilines is 3. The molecule has 0 aliphatic carbocycles. The third-order valence-corrected chi connectivity index (χ3v) is 1.96. The molecular formula is C10H12N6O. The Balaban J connectivity index is 2.26. The first kappa shape index (κ1) is 11.1. The lowest BCUT2D eigenvalue weighted by Gasteiger charge is -2.07. The van der Waals surface area contributed by atoms with Gasteiger partial charge in [0.1, 0.15) is 0 Å². The molecule has 2 rings (SSSR count). The Morgan fingerprint density at radius 1 is 1.06 bits per heavy atom. The van der Waals surface area contributed by atoms with Crippen LogP contribution in [0.25, 0.3) is 0 Å². The van der Waals surface area contributed by atoms with Crippen molar-refractivity contribution in [2.45, 2.75) is 0 Å². The zero-order valence-corrected chi connectivity index (χ0v) is 9.21. The number of aromatic nitrogens is 3. The second-order valence-corrected chi connectivity index (χ2v) is 3.10. The molecule has 0 saturated carbocycles. The molecule has 0 fully saturated rings. The Morgan fingerprint density at radius 3 is 2.41 bits per heavy atom. The number of hydrogen-bond donors (Lipinski definition) is 3. The van der Waals surface area contributed by atoms with Crippen LogP contribution in [0.15, 0.2) is 30.3 Å². The molecule has 17 heavy (non-hydrogen) atoms. The SMILES string of the molecule is COc1nc(NN)nc(Nc2ccccc2)n1. The van der Waals surface area contributed by atoms with Crippen molar-refractivity contribution in [2.75, 3.05) is 17.9 Å². The highest BCUT2D eigenvalue weighted by Gasteiger charge is 2.05. The van der Waals surface area contributed by atoms with Crippen LogP contribution in [-0.4, -0.2) is 22.1 Å². The Hall–Kier alpha value is -2.41. The minimum atomic E-state index is 0.186. The van der Waals surface area contributed by atoms with Crippen LogP contribution in [0, 0.1) is 0 Å². The van der Waals surface area contributed by atoms with Crippen LogP contribution >= 0.6 is 0 Å². The average Bonchev–Trinajstić information content (AvgIpc) is 2.39. The quantitative estimate of drug-likeness (QED) is 0.532. The van der Waals surface area contributed by atoms with Gasteiger partial charge in [0.25, 0.3) is 0 Å². The lowest BCUT2D eigenvalue weighted by Crippen LogP contribution is -2.13. The topological polar surface area (TPSA) is 98.0 Å². The number of nitrogens with one attached hydrogen (secondary N) is 2. The average molecular weight is 232 g/mol. The maximum atomic E-state index is 5.25. The molecule has 1 heterocycles. The number of para-hydroxylation sites is 1. The summed E-state index contributed by atoms with van der Waals surface area (Å²) in [7, 11) is 1.47. The fourth-order valence-corrected chi connectivity index (χ4v) is 1.22. The lowest BCUT2D eigenvalue weighted by molar-refractivity contribution is 0.379. The van der Waals surface area contributed by atoms with E-state index < -0.39 is 0 Å². The van der Waals surface area contributed by atoms with Crippen LogP contribution in [0.4, 0.5) is 17.6 Å². The summed E-state index contributed by atoms with van der Waals surface area (Å²) in [4.78, 5) is 12.0. The standard InChI is InChI=1S/C10H12N6O/c1-17-10-14-8(13-9(15-10)16-11)12-7-5-3-2-4-6-7/h2-6H,11H2,1H3,(H2,12,13,14,15,16). The molecule has 0 atom stereocenters. The molecule has 0 aliphatic heterocycles. The van der Waals surface area contributed by atoms with E-state index in [1.165, 1.54) is 7.11 Å². The van der Waals surface area contributed by atoms with Gasteiger partial charge in [0.05, 0.1) is 7.11 Å². The second-order valence-electron chi connectivity index (χ2n) is 3.10. The molecule has 7 nitrogen and oxygen atoms in total. The van der Waals surface area contributed by atoms with Gasteiger partial charge in [-0.3, -0.25) is 5.43 Å². The van der Waals surface area contributed by atoms with Gasteiger partial charge in [0.2, 0.25) is 11.9 Å². The summed E-state index contributed by atoms with van der Waals surface area (Å²) in [6.45, 7) is 0. The van der Waals surface area contributed by atoms with Crippen molar-refractivity contribution in [3.05, 3.63) is 30.3 Å². The number of benzene rings is 1. The number of hydrogen-bond acceptors (Lipinski definition) is 7. The summed E-state index contributed by atoms with van der Waals surface area (Å²) in [5.74, 6) is 5.84. The fraction of sp³-hybridized carbons (Fsp3) is 0.100. The number of rotatable bonds is 4. The Kier molecular flexibility index (Phi) is 3.31. The van der Waals surface area contributed by atoms with E-state index in [0.29, 0.717) is 5.95 Å². The molecule has 88 valence electrons. The molecule has 0 unspecified atom stereocenters. The summed E-state index contributed by atoms with van der Waals surface area (Å²) in [6, 6.07) is 9.71. The molecule has 4 N–H and O–H groups in total. The van der Waals surface area contributed by atoms with E-state index in [1.807, 2.05) is 30.3 Å². The molecule has 2 aromatic rings. The highest BCUT2D eigenvalue weighted by Crippen LogP contribution is 2.15. The van der Waals surface area contributed by atoms with E-state index in [9.17, 15) is 0 Å². The van der Waals surface area contributed by atoms with Crippen LogP contribution in [0.2, 0.25) is 0 Å². The van der Waals surface area contributed by atoms with E-state index in [-0.39, 0.29) is 12.0 Å². The molecule has 1 aromatic heterocycles. The minimum absolute atomic E-state index is 0.186. The summed E-state index contributed by atoms with van der Waals surface area (Å²) in [5, 5.41) is 3.02. The van der Waals surface area contributed by atoms with Gasteiger partial charge in [0.15, 0.2) is 0 Å². The molecule has 0 bridgehead atoms. The van der Waals surface area contributed by atoms with Crippen LogP contribution in [0.1, 0.15) is 0 Å². The van der Waals surface area contributed by atoms with E-state index in [0.717, 1.165) is 5.69 Å². The van der Waals surface area contributed by atoms with Crippen molar-refractivity contribution in [1.29, 1.82) is 0 Å². The van der Waals surface area contributed by atoms with Crippen LogP contribution < -0.4 is 21.3 Å². The largest absolute Gasteiger partial charge is 0.467 e. The molecule has 0 aliphatic rings. The molecular weight excluding hydrogens is 220 g/mol.